The SMILES string of the molecule is CC(C)COCCCNS(=O)(=O)c1ccc(C#N)cc1. The predicted octanol–water partition coefficient (Wildman–Crippen LogP) is 1.90. The van der Waals surface area contributed by atoms with Crippen LogP contribution in [-0.4, -0.2) is 28.2 Å². The first kappa shape index (κ1) is 16.6. The molecule has 1 N–H and O–H groups in total. The summed E-state index contributed by atoms with van der Waals surface area (Å²) in [6.07, 6.45) is 0.627. The summed E-state index contributed by atoms with van der Waals surface area (Å²) in [5.74, 6) is 0.477. The molecule has 0 atom stereocenters. The molecular formula is C14H20N2O3S. The molecule has 0 spiro atoms. The van der Waals surface area contributed by atoms with Crippen LogP contribution in [0.4, 0.5) is 0 Å². The smallest absolute Gasteiger partial charge is 0.240 e. The van der Waals surface area contributed by atoms with Crippen molar-refractivity contribution in [3.05, 3.63) is 29.8 Å². The van der Waals surface area contributed by atoms with Gasteiger partial charge in [0.2, 0.25) is 10.0 Å². The van der Waals surface area contributed by atoms with Gasteiger partial charge in [0.25, 0.3) is 0 Å². The van der Waals surface area contributed by atoms with Crippen LogP contribution in [0.15, 0.2) is 29.2 Å². The molecular weight excluding hydrogens is 276 g/mol. The molecule has 0 fully saturated rings. The Labute approximate surface area is 120 Å². The molecule has 1 rings (SSSR count). The number of hydrogen-bond acceptors (Lipinski definition) is 4. The van der Waals surface area contributed by atoms with Crippen LogP contribution < -0.4 is 4.72 Å². The van der Waals surface area contributed by atoms with Gasteiger partial charge in [-0.25, -0.2) is 13.1 Å². The fraction of sp³-hybridized carbons (Fsp3) is 0.500. The van der Waals surface area contributed by atoms with Crippen LogP contribution in [0.25, 0.3) is 0 Å². The van der Waals surface area contributed by atoms with Crippen molar-refractivity contribution in [1.29, 1.82) is 5.26 Å². The van der Waals surface area contributed by atoms with Crippen LogP contribution in [0.5, 0.6) is 0 Å². The molecule has 0 radical (unpaired) electrons. The Morgan fingerprint density at radius 2 is 1.95 bits per heavy atom. The topological polar surface area (TPSA) is 79.2 Å². The van der Waals surface area contributed by atoms with Gasteiger partial charge in [-0.2, -0.15) is 5.26 Å². The van der Waals surface area contributed by atoms with Gasteiger partial charge in [0.05, 0.1) is 16.5 Å². The van der Waals surface area contributed by atoms with Crippen molar-refractivity contribution >= 4 is 10.0 Å². The summed E-state index contributed by atoms with van der Waals surface area (Å²) in [6.45, 7) is 5.68. The fourth-order valence-electron chi connectivity index (χ4n) is 1.49. The van der Waals surface area contributed by atoms with E-state index >= 15 is 0 Å². The molecule has 110 valence electrons. The van der Waals surface area contributed by atoms with Gasteiger partial charge in [-0.1, -0.05) is 13.8 Å². The van der Waals surface area contributed by atoms with E-state index in [9.17, 15) is 8.42 Å². The van der Waals surface area contributed by atoms with Crippen LogP contribution in [-0.2, 0) is 14.8 Å². The number of hydrogen-bond donors (Lipinski definition) is 1. The maximum absolute atomic E-state index is 11.9. The lowest BCUT2D eigenvalue weighted by Crippen LogP contribution is -2.25. The molecule has 0 aliphatic rings. The van der Waals surface area contributed by atoms with Gasteiger partial charge in [-0.05, 0) is 36.6 Å². The van der Waals surface area contributed by atoms with E-state index in [0.717, 1.165) is 0 Å². The van der Waals surface area contributed by atoms with Gasteiger partial charge in [0.15, 0.2) is 0 Å². The van der Waals surface area contributed by atoms with Crippen molar-refractivity contribution in [3.8, 4) is 6.07 Å². The Balaban J connectivity index is 2.40. The molecule has 0 amide bonds. The third-order valence-electron chi connectivity index (χ3n) is 2.50. The first-order chi connectivity index (χ1) is 9.45. The summed E-state index contributed by atoms with van der Waals surface area (Å²) in [7, 11) is -3.50. The number of ether oxygens (including phenoxy) is 1. The van der Waals surface area contributed by atoms with Crippen LogP contribution in [0.1, 0.15) is 25.8 Å². The van der Waals surface area contributed by atoms with Crippen LogP contribution in [0.3, 0.4) is 0 Å². The number of nitriles is 1. The highest BCUT2D eigenvalue weighted by molar-refractivity contribution is 7.89. The van der Waals surface area contributed by atoms with E-state index in [2.05, 4.69) is 18.6 Å². The van der Waals surface area contributed by atoms with Crippen molar-refractivity contribution in [1.82, 2.24) is 4.72 Å². The van der Waals surface area contributed by atoms with Crippen molar-refractivity contribution in [2.75, 3.05) is 19.8 Å². The average molecular weight is 296 g/mol. The van der Waals surface area contributed by atoms with Crippen molar-refractivity contribution < 1.29 is 13.2 Å². The Bertz CT molecular complexity index is 545. The number of rotatable bonds is 8. The highest BCUT2D eigenvalue weighted by atomic mass is 32.2. The summed E-state index contributed by atoms with van der Waals surface area (Å²) in [6, 6.07) is 7.78. The number of nitrogens with one attached hydrogen (secondary N) is 1. The minimum atomic E-state index is -3.50. The summed E-state index contributed by atoms with van der Waals surface area (Å²) in [5, 5.41) is 8.67. The molecule has 1 aromatic rings. The zero-order valence-corrected chi connectivity index (χ0v) is 12.6. The molecule has 0 heterocycles. The van der Waals surface area contributed by atoms with Gasteiger partial charge in [0.1, 0.15) is 0 Å². The first-order valence-corrected chi connectivity index (χ1v) is 8.01. The summed E-state index contributed by atoms with van der Waals surface area (Å²) >= 11 is 0. The maximum atomic E-state index is 11.9. The van der Waals surface area contributed by atoms with E-state index in [1.54, 1.807) is 0 Å². The highest BCUT2D eigenvalue weighted by Crippen LogP contribution is 2.09. The number of nitrogens with zero attached hydrogens (tertiary/aromatic N) is 1. The second kappa shape index (κ2) is 8.00. The van der Waals surface area contributed by atoms with Gasteiger partial charge in [-0.3, -0.25) is 0 Å². The average Bonchev–Trinajstić information content (AvgIpc) is 2.42. The Hall–Kier alpha value is -1.42. The molecule has 1 aromatic carbocycles. The van der Waals surface area contributed by atoms with Gasteiger partial charge in [0, 0.05) is 19.8 Å². The normalized spacial score (nSPS) is 11.5. The molecule has 0 bridgehead atoms. The van der Waals surface area contributed by atoms with Crippen molar-refractivity contribution in [2.24, 2.45) is 5.92 Å². The maximum Gasteiger partial charge on any atom is 0.240 e. The van der Waals surface area contributed by atoms with E-state index < -0.39 is 10.0 Å². The van der Waals surface area contributed by atoms with E-state index in [1.807, 2.05) is 6.07 Å². The fourth-order valence-corrected chi connectivity index (χ4v) is 2.57. The number of benzene rings is 1. The number of sulfonamides is 1. The molecule has 0 aliphatic carbocycles. The Kier molecular flexibility index (Phi) is 6.65. The van der Waals surface area contributed by atoms with Crippen LogP contribution in [0, 0.1) is 17.2 Å². The highest BCUT2D eigenvalue weighted by Gasteiger charge is 2.12. The second-order valence-corrected chi connectivity index (χ2v) is 6.62. The standard InChI is InChI=1S/C14H20N2O3S/c1-12(2)11-19-9-3-8-16-20(17,18)14-6-4-13(10-15)5-7-14/h4-7,12,16H,3,8-9,11H2,1-2H3. The molecule has 0 saturated heterocycles. The van der Waals surface area contributed by atoms with Crippen LogP contribution >= 0.6 is 0 Å². The first-order valence-electron chi connectivity index (χ1n) is 6.53. The quantitative estimate of drug-likeness (QED) is 0.743. The van der Waals surface area contributed by atoms with Gasteiger partial charge < -0.3 is 4.74 Å². The predicted molar refractivity (Wildman–Crippen MR) is 76.6 cm³/mol. The van der Waals surface area contributed by atoms with Crippen LogP contribution in [0.2, 0.25) is 0 Å². The molecule has 0 aliphatic heterocycles. The minimum Gasteiger partial charge on any atom is -0.381 e. The lowest BCUT2D eigenvalue weighted by molar-refractivity contribution is 0.108. The molecule has 5 nitrogen and oxygen atoms in total. The molecule has 0 aromatic heterocycles. The van der Waals surface area contributed by atoms with E-state index in [1.165, 1.54) is 24.3 Å². The van der Waals surface area contributed by atoms with Gasteiger partial charge >= 0.3 is 0 Å². The van der Waals surface area contributed by atoms with Crippen molar-refractivity contribution in [2.45, 2.75) is 25.2 Å². The Morgan fingerprint density at radius 1 is 1.30 bits per heavy atom. The summed E-state index contributed by atoms with van der Waals surface area (Å²) < 4.78 is 31.8. The zero-order valence-electron chi connectivity index (χ0n) is 11.8. The molecule has 0 unspecified atom stereocenters. The third kappa shape index (κ3) is 5.70. The summed E-state index contributed by atoms with van der Waals surface area (Å²) in [5.41, 5.74) is 0.436. The zero-order chi connectivity index (χ0) is 15.0. The molecule has 0 saturated carbocycles. The molecule has 6 heteroatoms. The lowest BCUT2D eigenvalue weighted by Gasteiger charge is -2.08. The van der Waals surface area contributed by atoms with E-state index in [4.69, 9.17) is 10.00 Å². The van der Waals surface area contributed by atoms with E-state index in [-0.39, 0.29) is 4.90 Å². The third-order valence-corrected chi connectivity index (χ3v) is 3.98. The second-order valence-electron chi connectivity index (χ2n) is 4.86. The Morgan fingerprint density at radius 3 is 2.50 bits per heavy atom. The lowest BCUT2D eigenvalue weighted by atomic mass is 10.2. The largest absolute Gasteiger partial charge is 0.381 e. The van der Waals surface area contributed by atoms with Crippen molar-refractivity contribution in [3.63, 3.8) is 0 Å². The molecule has 20 heavy (non-hydrogen) atoms. The monoisotopic (exact) mass is 296 g/mol. The summed E-state index contributed by atoms with van der Waals surface area (Å²) in [4.78, 5) is 0.166. The minimum absolute atomic E-state index is 0.166. The van der Waals surface area contributed by atoms with E-state index in [0.29, 0.717) is 37.7 Å². The van der Waals surface area contributed by atoms with Gasteiger partial charge in [-0.15, -0.1) is 0 Å².